The van der Waals surface area contributed by atoms with Crippen molar-refractivity contribution in [2.45, 2.75) is 38.3 Å². The van der Waals surface area contributed by atoms with Crippen molar-refractivity contribution in [3.8, 4) is 0 Å². The molecule has 1 N–H and O–H groups in total. The maximum atomic E-state index is 12.9. The minimum absolute atomic E-state index is 0.576. The first-order valence-corrected chi connectivity index (χ1v) is 4.16. The Balaban J connectivity index is 1.86. The topological polar surface area (TPSA) is 12.0 Å². The predicted octanol–water partition coefficient (Wildman–Crippen LogP) is 1.88. The van der Waals surface area contributed by atoms with Crippen LogP contribution in [0.15, 0.2) is 0 Å². The van der Waals surface area contributed by atoms with Gasteiger partial charge in [-0.2, -0.15) is 0 Å². The van der Waals surface area contributed by atoms with E-state index in [2.05, 4.69) is 12.2 Å². The Hall–Kier alpha value is -0.110. The Kier molecular flexibility index (Phi) is 2.66. The fourth-order valence-corrected chi connectivity index (χ4v) is 0.927. The molecule has 0 spiro atoms. The molecule has 0 saturated heterocycles. The molecule has 1 nitrogen and oxygen atoms in total. The molecule has 0 heterocycles. The fourth-order valence-electron chi connectivity index (χ4n) is 0.927. The fraction of sp³-hybridized carbons (Fsp3) is 1.00. The van der Waals surface area contributed by atoms with Crippen molar-refractivity contribution in [3.63, 3.8) is 0 Å². The predicted molar refractivity (Wildman–Crippen MR) is 40.9 cm³/mol. The Bertz CT molecular complexity index is 99.4. The third-order valence-corrected chi connectivity index (χ3v) is 1.94. The Morgan fingerprint density at radius 3 is 2.70 bits per heavy atom. The van der Waals surface area contributed by atoms with E-state index in [0.717, 1.165) is 25.8 Å². The van der Waals surface area contributed by atoms with E-state index in [1.165, 1.54) is 6.42 Å². The molecule has 0 aromatic carbocycles. The summed E-state index contributed by atoms with van der Waals surface area (Å²) in [6.07, 6.45) is 3.89. The summed E-state index contributed by atoms with van der Waals surface area (Å²) in [6.45, 7) is 3.69. The first kappa shape index (κ1) is 7.99. The lowest BCUT2D eigenvalue weighted by Gasteiger charge is -2.05. The van der Waals surface area contributed by atoms with E-state index in [4.69, 9.17) is 0 Å². The van der Waals surface area contributed by atoms with Crippen LogP contribution in [0, 0.1) is 0 Å². The van der Waals surface area contributed by atoms with Gasteiger partial charge in [0.1, 0.15) is 5.67 Å². The van der Waals surface area contributed by atoms with Crippen molar-refractivity contribution in [2.24, 2.45) is 0 Å². The van der Waals surface area contributed by atoms with Crippen LogP contribution in [0.5, 0.6) is 0 Å². The number of hydrogen-bond acceptors (Lipinski definition) is 1. The first-order chi connectivity index (χ1) is 4.77. The highest BCUT2D eigenvalue weighted by molar-refractivity contribution is 4.95. The summed E-state index contributed by atoms with van der Waals surface area (Å²) >= 11 is 0. The highest BCUT2D eigenvalue weighted by atomic mass is 19.1. The van der Waals surface area contributed by atoms with E-state index >= 15 is 0 Å². The normalized spacial score (nSPS) is 21.0. The average Bonchev–Trinajstić information content (AvgIpc) is 2.62. The van der Waals surface area contributed by atoms with Gasteiger partial charge in [0.2, 0.25) is 0 Å². The SMILES string of the molecule is CCCCNCC1(F)CC1. The summed E-state index contributed by atoms with van der Waals surface area (Å²) in [5.74, 6) is 0. The van der Waals surface area contributed by atoms with Gasteiger partial charge >= 0.3 is 0 Å². The number of nitrogens with one attached hydrogen (secondary N) is 1. The second-order valence-electron chi connectivity index (χ2n) is 3.18. The number of alkyl halides is 1. The van der Waals surface area contributed by atoms with Crippen LogP contribution < -0.4 is 5.32 Å². The van der Waals surface area contributed by atoms with E-state index in [9.17, 15) is 4.39 Å². The van der Waals surface area contributed by atoms with Crippen molar-refractivity contribution in [1.82, 2.24) is 5.32 Å². The number of halogens is 1. The Morgan fingerprint density at radius 1 is 1.50 bits per heavy atom. The molecule has 10 heavy (non-hydrogen) atoms. The van der Waals surface area contributed by atoms with Gasteiger partial charge < -0.3 is 5.32 Å². The second-order valence-corrected chi connectivity index (χ2v) is 3.18. The van der Waals surface area contributed by atoms with Crippen molar-refractivity contribution < 1.29 is 4.39 Å². The molecule has 1 aliphatic rings. The minimum Gasteiger partial charge on any atom is -0.314 e. The molecule has 0 bridgehead atoms. The standard InChI is InChI=1S/C8H16FN/c1-2-3-6-10-7-8(9)4-5-8/h10H,2-7H2,1H3. The van der Waals surface area contributed by atoms with Gasteiger partial charge in [0.25, 0.3) is 0 Å². The van der Waals surface area contributed by atoms with Crippen LogP contribution in [-0.2, 0) is 0 Å². The zero-order valence-electron chi connectivity index (χ0n) is 6.62. The van der Waals surface area contributed by atoms with Crippen molar-refractivity contribution >= 4 is 0 Å². The minimum atomic E-state index is -0.812. The van der Waals surface area contributed by atoms with Gasteiger partial charge in [-0.15, -0.1) is 0 Å². The summed E-state index contributed by atoms with van der Waals surface area (Å²) in [5, 5.41) is 3.11. The Labute approximate surface area is 62.0 Å². The molecule has 1 fully saturated rings. The molecule has 60 valence electrons. The summed E-state index contributed by atoms with van der Waals surface area (Å²) in [6, 6.07) is 0. The van der Waals surface area contributed by atoms with Gasteiger partial charge in [-0.1, -0.05) is 13.3 Å². The van der Waals surface area contributed by atoms with E-state index in [0.29, 0.717) is 6.54 Å². The van der Waals surface area contributed by atoms with Crippen molar-refractivity contribution in [2.75, 3.05) is 13.1 Å². The zero-order valence-corrected chi connectivity index (χ0v) is 6.62. The summed E-state index contributed by atoms with van der Waals surface area (Å²) in [5.41, 5.74) is -0.812. The highest BCUT2D eigenvalue weighted by Crippen LogP contribution is 2.38. The first-order valence-electron chi connectivity index (χ1n) is 4.16. The van der Waals surface area contributed by atoms with Gasteiger partial charge in [-0.3, -0.25) is 0 Å². The lowest BCUT2D eigenvalue weighted by Crippen LogP contribution is -2.25. The molecule has 1 rings (SSSR count). The molecule has 0 aromatic heterocycles. The Morgan fingerprint density at radius 2 is 2.20 bits per heavy atom. The number of unbranched alkanes of at least 4 members (excludes halogenated alkanes) is 1. The number of rotatable bonds is 5. The molecular formula is C8H16FN. The van der Waals surface area contributed by atoms with E-state index in [1.54, 1.807) is 0 Å². The summed E-state index contributed by atoms with van der Waals surface area (Å²) < 4.78 is 12.9. The molecule has 0 atom stereocenters. The molecule has 0 aromatic rings. The third-order valence-electron chi connectivity index (χ3n) is 1.94. The van der Waals surface area contributed by atoms with Crippen LogP contribution in [-0.4, -0.2) is 18.8 Å². The molecule has 0 amide bonds. The molecular weight excluding hydrogens is 129 g/mol. The molecule has 1 aliphatic carbocycles. The molecule has 0 aliphatic heterocycles. The molecule has 0 radical (unpaired) electrons. The quantitative estimate of drug-likeness (QED) is 0.582. The van der Waals surface area contributed by atoms with Crippen LogP contribution in [0.4, 0.5) is 4.39 Å². The lowest BCUT2D eigenvalue weighted by molar-refractivity contribution is 0.295. The van der Waals surface area contributed by atoms with Gasteiger partial charge in [-0.25, -0.2) is 4.39 Å². The van der Waals surface area contributed by atoms with E-state index in [-0.39, 0.29) is 0 Å². The van der Waals surface area contributed by atoms with E-state index < -0.39 is 5.67 Å². The van der Waals surface area contributed by atoms with Gasteiger partial charge in [-0.05, 0) is 25.8 Å². The molecule has 2 heteroatoms. The highest BCUT2D eigenvalue weighted by Gasteiger charge is 2.42. The van der Waals surface area contributed by atoms with E-state index in [1.807, 2.05) is 0 Å². The maximum absolute atomic E-state index is 12.9. The van der Waals surface area contributed by atoms with Gasteiger partial charge in [0, 0.05) is 6.54 Å². The summed E-state index contributed by atoms with van der Waals surface area (Å²) in [7, 11) is 0. The van der Waals surface area contributed by atoms with Gasteiger partial charge in [0.05, 0.1) is 0 Å². The van der Waals surface area contributed by atoms with Crippen molar-refractivity contribution in [1.29, 1.82) is 0 Å². The monoisotopic (exact) mass is 145 g/mol. The lowest BCUT2D eigenvalue weighted by atomic mass is 10.3. The third kappa shape index (κ3) is 2.65. The largest absolute Gasteiger partial charge is 0.314 e. The molecule has 1 saturated carbocycles. The van der Waals surface area contributed by atoms with Crippen LogP contribution in [0.1, 0.15) is 32.6 Å². The van der Waals surface area contributed by atoms with Crippen molar-refractivity contribution in [3.05, 3.63) is 0 Å². The van der Waals surface area contributed by atoms with Gasteiger partial charge in [0.15, 0.2) is 0 Å². The molecule has 0 unspecified atom stereocenters. The smallest absolute Gasteiger partial charge is 0.123 e. The maximum Gasteiger partial charge on any atom is 0.123 e. The van der Waals surface area contributed by atoms with Crippen LogP contribution in [0.25, 0.3) is 0 Å². The second kappa shape index (κ2) is 3.33. The number of hydrogen-bond donors (Lipinski definition) is 1. The zero-order chi connectivity index (χ0) is 7.45. The van der Waals surface area contributed by atoms with Crippen LogP contribution in [0.3, 0.4) is 0 Å². The summed E-state index contributed by atoms with van der Waals surface area (Å²) in [4.78, 5) is 0. The van der Waals surface area contributed by atoms with Crippen LogP contribution in [0.2, 0.25) is 0 Å². The average molecular weight is 145 g/mol. The van der Waals surface area contributed by atoms with Crippen LogP contribution >= 0.6 is 0 Å².